The largest absolute Gasteiger partial charge is 0.481 e. The van der Waals surface area contributed by atoms with Crippen LogP contribution in [0.3, 0.4) is 0 Å². The summed E-state index contributed by atoms with van der Waals surface area (Å²) >= 11 is 0. The SMILES string of the molecule is C[C@]1(C(=O)O)CCNC1. The fourth-order valence-corrected chi connectivity index (χ4v) is 0.999. The Balaban J connectivity index is 2.61. The first-order chi connectivity index (χ1) is 4.15. The lowest BCUT2D eigenvalue weighted by molar-refractivity contribution is -0.146. The molecule has 1 rings (SSSR count). The highest BCUT2D eigenvalue weighted by Gasteiger charge is 2.35. The van der Waals surface area contributed by atoms with E-state index in [-0.39, 0.29) is 0 Å². The standard InChI is InChI=1S/C6H11NO2/c1-6(5(8)9)2-3-7-4-6/h7H,2-4H2,1H3,(H,8,9)/t6-/m0/s1. The molecular formula is C6H11NO2. The summed E-state index contributed by atoms with van der Waals surface area (Å²) in [5.41, 5.74) is -0.500. The normalized spacial score (nSPS) is 34.8. The lowest BCUT2D eigenvalue weighted by atomic mass is 9.90. The van der Waals surface area contributed by atoms with E-state index in [2.05, 4.69) is 5.32 Å². The second kappa shape index (κ2) is 1.99. The highest BCUT2D eigenvalue weighted by atomic mass is 16.4. The molecule has 0 bridgehead atoms. The molecule has 3 heteroatoms. The first-order valence-corrected chi connectivity index (χ1v) is 3.09. The molecule has 0 radical (unpaired) electrons. The third-order valence-electron chi connectivity index (χ3n) is 1.89. The third-order valence-corrected chi connectivity index (χ3v) is 1.89. The Morgan fingerprint density at radius 1 is 1.78 bits per heavy atom. The predicted octanol–water partition coefficient (Wildman–Crippen LogP) is 0.0706. The van der Waals surface area contributed by atoms with Gasteiger partial charge in [0.1, 0.15) is 0 Å². The van der Waals surface area contributed by atoms with Crippen LogP contribution in [0.2, 0.25) is 0 Å². The first-order valence-electron chi connectivity index (χ1n) is 3.09. The van der Waals surface area contributed by atoms with Crippen LogP contribution in [0.15, 0.2) is 0 Å². The van der Waals surface area contributed by atoms with Crippen LogP contribution < -0.4 is 5.32 Å². The summed E-state index contributed by atoms with van der Waals surface area (Å²) in [4.78, 5) is 10.5. The number of carboxylic acids is 1. The number of aliphatic carboxylic acids is 1. The Kier molecular flexibility index (Phi) is 1.45. The van der Waals surface area contributed by atoms with Gasteiger partial charge in [-0.2, -0.15) is 0 Å². The lowest BCUT2D eigenvalue weighted by Gasteiger charge is -2.14. The van der Waals surface area contributed by atoms with Gasteiger partial charge in [0.25, 0.3) is 0 Å². The van der Waals surface area contributed by atoms with Gasteiger partial charge in [0.2, 0.25) is 0 Å². The molecule has 2 N–H and O–H groups in total. The van der Waals surface area contributed by atoms with E-state index >= 15 is 0 Å². The fraction of sp³-hybridized carbons (Fsp3) is 0.833. The van der Waals surface area contributed by atoms with Crippen molar-refractivity contribution in [3.63, 3.8) is 0 Å². The molecule has 0 spiro atoms. The van der Waals surface area contributed by atoms with Crippen LogP contribution >= 0.6 is 0 Å². The average Bonchev–Trinajstić information content (AvgIpc) is 2.16. The Labute approximate surface area is 54.1 Å². The van der Waals surface area contributed by atoms with E-state index in [4.69, 9.17) is 5.11 Å². The zero-order valence-electron chi connectivity index (χ0n) is 5.48. The van der Waals surface area contributed by atoms with Crippen LogP contribution in [-0.4, -0.2) is 24.2 Å². The summed E-state index contributed by atoms with van der Waals surface area (Å²) in [6.45, 7) is 3.22. The van der Waals surface area contributed by atoms with Gasteiger partial charge in [-0.15, -0.1) is 0 Å². The number of hydrogen-bond acceptors (Lipinski definition) is 2. The van der Waals surface area contributed by atoms with Crippen molar-refractivity contribution in [3.8, 4) is 0 Å². The van der Waals surface area contributed by atoms with Gasteiger partial charge in [0.15, 0.2) is 0 Å². The van der Waals surface area contributed by atoms with Crippen molar-refractivity contribution in [2.75, 3.05) is 13.1 Å². The molecule has 1 atom stereocenters. The molecule has 52 valence electrons. The molecule has 1 fully saturated rings. The second-order valence-corrected chi connectivity index (χ2v) is 2.79. The van der Waals surface area contributed by atoms with E-state index in [1.807, 2.05) is 0 Å². The number of hydrogen-bond donors (Lipinski definition) is 2. The molecular weight excluding hydrogens is 118 g/mol. The summed E-state index contributed by atoms with van der Waals surface area (Å²) in [6.07, 6.45) is 0.752. The topological polar surface area (TPSA) is 49.3 Å². The molecule has 1 aliphatic rings. The zero-order chi connectivity index (χ0) is 6.91. The van der Waals surface area contributed by atoms with Crippen LogP contribution in [0.1, 0.15) is 13.3 Å². The van der Waals surface area contributed by atoms with Crippen molar-refractivity contribution < 1.29 is 9.90 Å². The van der Waals surface area contributed by atoms with Gasteiger partial charge in [-0.05, 0) is 19.9 Å². The molecule has 1 aliphatic heterocycles. The Morgan fingerprint density at radius 3 is 2.67 bits per heavy atom. The minimum Gasteiger partial charge on any atom is -0.481 e. The summed E-state index contributed by atoms with van der Waals surface area (Å²) < 4.78 is 0. The first kappa shape index (κ1) is 6.55. The molecule has 0 aromatic rings. The van der Waals surface area contributed by atoms with Crippen molar-refractivity contribution in [1.29, 1.82) is 0 Å². The highest BCUT2D eigenvalue weighted by Crippen LogP contribution is 2.23. The maximum atomic E-state index is 10.5. The van der Waals surface area contributed by atoms with Gasteiger partial charge in [-0.25, -0.2) is 0 Å². The minimum absolute atomic E-state index is 0.500. The number of rotatable bonds is 1. The van der Waals surface area contributed by atoms with Crippen LogP contribution in [0.4, 0.5) is 0 Å². The predicted molar refractivity (Wildman–Crippen MR) is 33.2 cm³/mol. The molecule has 0 amide bonds. The Bertz CT molecular complexity index is 127. The van der Waals surface area contributed by atoms with Crippen LogP contribution in [0, 0.1) is 5.41 Å². The van der Waals surface area contributed by atoms with Crippen molar-refractivity contribution in [2.24, 2.45) is 5.41 Å². The maximum Gasteiger partial charge on any atom is 0.310 e. The van der Waals surface area contributed by atoms with Gasteiger partial charge in [-0.1, -0.05) is 0 Å². The van der Waals surface area contributed by atoms with E-state index in [9.17, 15) is 4.79 Å². The van der Waals surface area contributed by atoms with Crippen LogP contribution in [0.5, 0.6) is 0 Å². The maximum absolute atomic E-state index is 10.5. The minimum atomic E-state index is -0.688. The molecule has 1 heterocycles. The summed E-state index contributed by atoms with van der Waals surface area (Å²) in [5.74, 6) is -0.688. The molecule has 0 aromatic carbocycles. The highest BCUT2D eigenvalue weighted by molar-refractivity contribution is 5.74. The second-order valence-electron chi connectivity index (χ2n) is 2.79. The van der Waals surface area contributed by atoms with Crippen LogP contribution in [0.25, 0.3) is 0 Å². The molecule has 3 nitrogen and oxygen atoms in total. The Hall–Kier alpha value is -0.570. The quantitative estimate of drug-likeness (QED) is 0.526. The van der Waals surface area contributed by atoms with Gasteiger partial charge >= 0.3 is 5.97 Å². The van der Waals surface area contributed by atoms with Gasteiger partial charge < -0.3 is 10.4 Å². The van der Waals surface area contributed by atoms with Crippen molar-refractivity contribution in [3.05, 3.63) is 0 Å². The van der Waals surface area contributed by atoms with E-state index in [0.29, 0.717) is 6.54 Å². The zero-order valence-corrected chi connectivity index (χ0v) is 5.48. The average molecular weight is 129 g/mol. The third kappa shape index (κ3) is 1.05. The van der Waals surface area contributed by atoms with E-state index in [0.717, 1.165) is 13.0 Å². The molecule has 9 heavy (non-hydrogen) atoms. The molecule has 1 saturated heterocycles. The fourth-order valence-electron chi connectivity index (χ4n) is 0.999. The molecule has 0 saturated carbocycles. The van der Waals surface area contributed by atoms with E-state index in [1.54, 1.807) is 6.92 Å². The molecule has 0 aromatic heterocycles. The smallest absolute Gasteiger partial charge is 0.310 e. The number of carbonyl (C=O) groups is 1. The van der Waals surface area contributed by atoms with Crippen molar-refractivity contribution in [1.82, 2.24) is 5.32 Å². The van der Waals surface area contributed by atoms with Crippen LogP contribution in [-0.2, 0) is 4.79 Å². The lowest BCUT2D eigenvalue weighted by Crippen LogP contribution is -2.29. The molecule has 0 unspecified atom stereocenters. The van der Waals surface area contributed by atoms with Gasteiger partial charge in [0, 0.05) is 6.54 Å². The summed E-state index contributed by atoms with van der Waals surface area (Å²) in [6, 6.07) is 0. The Morgan fingerprint density at radius 2 is 2.44 bits per heavy atom. The monoisotopic (exact) mass is 129 g/mol. The van der Waals surface area contributed by atoms with Gasteiger partial charge in [-0.3, -0.25) is 4.79 Å². The van der Waals surface area contributed by atoms with Crippen molar-refractivity contribution in [2.45, 2.75) is 13.3 Å². The van der Waals surface area contributed by atoms with Gasteiger partial charge in [0.05, 0.1) is 5.41 Å². The summed E-state index contributed by atoms with van der Waals surface area (Å²) in [7, 11) is 0. The van der Waals surface area contributed by atoms with E-state index in [1.165, 1.54) is 0 Å². The molecule has 0 aliphatic carbocycles. The number of carboxylic acid groups (broad SMARTS) is 1. The summed E-state index contributed by atoms with van der Waals surface area (Å²) in [5, 5.41) is 11.6. The van der Waals surface area contributed by atoms with E-state index < -0.39 is 11.4 Å². The number of nitrogens with one attached hydrogen (secondary N) is 1. The van der Waals surface area contributed by atoms with Crippen molar-refractivity contribution >= 4 is 5.97 Å².